The van der Waals surface area contributed by atoms with Crippen LogP contribution < -0.4 is 11.1 Å². The lowest BCUT2D eigenvalue weighted by Crippen LogP contribution is -2.42. The van der Waals surface area contributed by atoms with Gasteiger partial charge in [-0.05, 0) is 12.8 Å². The maximum absolute atomic E-state index is 5.58. The molecule has 0 bridgehead atoms. The quantitative estimate of drug-likeness (QED) is 0.647. The normalized spacial score (nSPS) is 32.2. The molecule has 0 aromatic heterocycles. The highest BCUT2D eigenvalue weighted by Crippen LogP contribution is 2.12. The molecule has 1 heterocycles. The van der Waals surface area contributed by atoms with Crippen molar-refractivity contribution in [2.24, 2.45) is 5.73 Å². The van der Waals surface area contributed by atoms with Crippen molar-refractivity contribution in [1.29, 1.82) is 0 Å². The summed E-state index contributed by atoms with van der Waals surface area (Å²) in [5, 5.41) is 4.23. The van der Waals surface area contributed by atoms with Crippen molar-refractivity contribution in [2.45, 2.75) is 38.5 Å². The molecule has 1 saturated heterocycles. The minimum Gasteiger partial charge on any atom is -0.357 e. The second-order valence-electron chi connectivity index (χ2n) is 2.93. The molecule has 0 saturated carbocycles. The van der Waals surface area contributed by atoms with Crippen molar-refractivity contribution < 1.29 is 4.74 Å². The van der Waals surface area contributed by atoms with Gasteiger partial charge < -0.3 is 10.5 Å². The van der Waals surface area contributed by atoms with Crippen molar-refractivity contribution >= 4 is 0 Å². The van der Waals surface area contributed by atoms with Gasteiger partial charge in [0.2, 0.25) is 0 Å². The second-order valence-corrected chi connectivity index (χ2v) is 2.93. The minimum absolute atomic E-state index is 0.0275. The Labute approximate surface area is 68.3 Å². The Morgan fingerprint density at radius 3 is 3.09 bits per heavy atom. The molecule has 1 rings (SSSR count). The predicted molar refractivity (Wildman–Crippen MR) is 44.2 cm³/mol. The largest absolute Gasteiger partial charge is 0.357 e. The lowest BCUT2D eigenvalue weighted by molar-refractivity contribution is -0.0615. The van der Waals surface area contributed by atoms with Gasteiger partial charge in [0.15, 0.2) is 0 Å². The number of rotatable bonds is 3. The first-order valence-electron chi connectivity index (χ1n) is 4.39. The highest BCUT2D eigenvalue weighted by molar-refractivity contribution is 4.69. The summed E-state index contributed by atoms with van der Waals surface area (Å²) in [6.07, 6.45) is 3.78. The third-order valence-corrected chi connectivity index (χ3v) is 1.95. The molecular weight excluding hydrogens is 140 g/mol. The van der Waals surface area contributed by atoms with E-state index in [-0.39, 0.29) is 6.23 Å². The molecule has 0 spiro atoms. The van der Waals surface area contributed by atoms with Gasteiger partial charge >= 0.3 is 0 Å². The maximum Gasteiger partial charge on any atom is 0.135 e. The molecule has 2 N–H and O–H groups in total. The van der Waals surface area contributed by atoms with E-state index in [0.717, 1.165) is 19.4 Å². The Balaban J connectivity index is 2.21. The molecule has 1 radical (unpaired) electrons. The SMILES string of the molecule is CCCC1CC[N]C(CN)O1. The van der Waals surface area contributed by atoms with E-state index in [4.69, 9.17) is 10.5 Å². The van der Waals surface area contributed by atoms with Crippen molar-refractivity contribution in [1.82, 2.24) is 5.32 Å². The number of nitrogens with zero attached hydrogens (tertiary/aromatic N) is 1. The van der Waals surface area contributed by atoms with Gasteiger partial charge in [0.1, 0.15) is 6.23 Å². The molecule has 1 aliphatic rings. The van der Waals surface area contributed by atoms with Crippen molar-refractivity contribution in [3.8, 4) is 0 Å². The van der Waals surface area contributed by atoms with Gasteiger partial charge in [-0.15, -0.1) is 0 Å². The molecule has 0 amide bonds. The Kier molecular flexibility index (Phi) is 3.83. The van der Waals surface area contributed by atoms with Gasteiger partial charge in [0, 0.05) is 13.1 Å². The van der Waals surface area contributed by atoms with E-state index in [9.17, 15) is 0 Å². The Morgan fingerprint density at radius 1 is 1.64 bits per heavy atom. The van der Waals surface area contributed by atoms with Gasteiger partial charge in [-0.25, -0.2) is 5.32 Å². The Bertz CT molecular complexity index is 106. The molecule has 2 atom stereocenters. The van der Waals surface area contributed by atoms with Crippen LogP contribution in [0.15, 0.2) is 0 Å². The second kappa shape index (κ2) is 4.70. The highest BCUT2D eigenvalue weighted by Gasteiger charge is 2.20. The smallest absolute Gasteiger partial charge is 0.135 e. The zero-order chi connectivity index (χ0) is 8.10. The zero-order valence-electron chi connectivity index (χ0n) is 7.12. The number of hydrogen-bond acceptors (Lipinski definition) is 2. The summed E-state index contributed by atoms with van der Waals surface area (Å²) >= 11 is 0. The first-order chi connectivity index (χ1) is 5.36. The maximum atomic E-state index is 5.58. The molecule has 1 aliphatic heterocycles. The Morgan fingerprint density at radius 2 is 2.45 bits per heavy atom. The lowest BCUT2D eigenvalue weighted by atomic mass is 10.1. The van der Waals surface area contributed by atoms with Crippen molar-refractivity contribution in [3.05, 3.63) is 0 Å². The van der Waals surface area contributed by atoms with Crippen LogP contribution >= 0.6 is 0 Å². The average molecular weight is 157 g/mol. The first-order valence-corrected chi connectivity index (χ1v) is 4.39. The van der Waals surface area contributed by atoms with E-state index in [1.165, 1.54) is 6.42 Å². The topological polar surface area (TPSA) is 49.4 Å². The number of ether oxygens (including phenoxy) is 1. The average Bonchev–Trinajstić information content (AvgIpc) is 2.06. The predicted octanol–water partition coefficient (Wildman–Crippen LogP) is 0.465. The third-order valence-electron chi connectivity index (χ3n) is 1.95. The summed E-state index contributed by atoms with van der Waals surface area (Å²) in [5.41, 5.74) is 5.44. The number of nitrogens with two attached hydrogens (primary N) is 1. The number of hydrogen-bond donors (Lipinski definition) is 1. The highest BCUT2D eigenvalue weighted by atomic mass is 16.5. The van der Waals surface area contributed by atoms with E-state index in [1.807, 2.05) is 0 Å². The fourth-order valence-corrected chi connectivity index (χ4v) is 1.36. The lowest BCUT2D eigenvalue weighted by Gasteiger charge is -2.28. The van der Waals surface area contributed by atoms with Gasteiger partial charge in [-0.2, -0.15) is 0 Å². The zero-order valence-corrected chi connectivity index (χ0v) is 7.12. The van der Waals surface area contributed by atoms with Crippen molar-refractivity contribution in [3.63, 3.8) is 0 Å². The molecule has 0 aromatic rings. The van der Waals surface area contributed by atoms with E-state index >= 15 is 0 Å². The molecule has 0 aromatic carbocycles. The molecule has 3 nitrogen and oxygen atoms in total. The van der Waals surface area contributed by atoms with Gasteiger partial charge in [-0.1, -0.05) is 13.3 Å². The van der Waals surface area contributed by atoms with Crippen LogP contribution in [0.25, 0.3) is 0 Å². The van der Waals surface area contributed by atoms with Crippen LogP contribution in [0.4, 0.5) is 0 Å². The van der Waals surface area contributed by atoms with Gasteiger partial charge in [-0.3, -0.25) is 0 Å². The van der Waals surface area contributed by atoms with Crippen LogP contribution in [0.2, 0.25) is 0 Å². The molecule has 0 aliphatic carbocycles. The van der Waals surface area contributed by atoms with Crippen molar-refractivity contribution in [2.75, 3.05) is 13.1 Å². The summed E-state index contributed by atoms with van der Waals surface area (Å²) in [4.78, 5) is 0. The Hall–Kier alpha value is -0.120. The van der Waals surface area contributed by atoms with Crippen LogP contribution in [0.5, 0.6) is 0 Å². The standard InChI is InChI=1S/C8H17N2O/c1-2-3-7-4-5-10-8(6-9)11-7/h7-8H,2-6,9H2,1H3. The van der Waals surface area contributed by atoms with Crippen LogP contribution in [0, 0.1) is 0 Å². The van der Waals surface area contributed by atoms with Gasteiger partial charge in [0.25, 0.3) is 0 Å². The van der Waals surface area contributed by atoms with E-state index < -0.39 is 0 Å². The summed E-state index contributed by atoms with van der Waals surface area (Å²) in [5.74, 6) is 0. The minimum atomic E-state index is -0.0275. The molecule has 11 heavy (non-hydrogen) atoms. The van der Waals surface area contributed by atoms with E-state index in [0.29, 0.717) is 12.6 Å². The summed E-state index contributed by atoms with van der Waals surface area (Å²) < 4.78 is 5.58. The van der Waals surface area contributed by atoms with E-state index in [2.05, 4.69) is 12.2 Å². The van der Waals surface area contributed by atoms with Gasteiger partial charge in [0.05, 0.1) is 6.10 Å². The first kappa shape index (κ1) is 8.97. The monoisotopic (exact) mass is 157 g/mol. The fourth-order valence-electron chi connectivity index (χ4n) is 1.36. The molecule has 1 fully saturated rings. The third kappa shape index (κ3) is 2.77. The summed E-state index contributed by atoms with van der Waals surface area (Å²) in [6.45, 7) is 3.62. The fraction of sp³-hybridized carbons (Fsp3) is 1.00. The van der Waals surface area contributed by atoms with Crippen LogP contribution in [0.3, 0.4) is 0 Å². The van der Waals surface area contributed by atoms with Crippen LogP contribution in [-0.2, 0) is 4.74 Å². The summed E-state index contributed by atoms with van der Waals surface area (Å²) in [6, 6.07) is 0. The van der Waals surface area contributed by atoms with E-state index in [1.54, 1.807) is 0 Å². The molecular formula is C8H17N2O. The summed E-state index contributed by atoms with van der Waals surface area (Å²) in [7, 11) is 0. The molecule has 3 heteroatoms. The van der Waals surface area contributed by atoms with Crippen LogP contribution in [-0.4, -0.2) is 25.4 Å². The van der Waals surface area contributed by atoms with Crippen LogP contribution in [0.1, 0.15) is 26.2 Å². The molecule has 65 valence electrons. The molecule has 2 unspecified atom stereocenters.